The summed E-state index contributed by atoms with van der Waals surface area (Å²) in [4.78, 5) is 22.4. The molecule has 0 saturated carbocycles. The number of carbonyl (C=O) groups is 1. The van der Waals surface area contributed by atoms with Gasteiger partial charge in [0.1, 0.15) is 6.26 Å². The largest absolute Gasteiger partial charge is 0.447 e. The van der Waals surface area contributed by atoms with Crippen molar-refractivity contribution in [2.24, 2.45) is 0 Å². The number of halogens is 6. The van der Waals surface area contributed by atoms with Crippen molar-refractivity contribution >= 4 is 5.91 Å². The lowest BCUT2D eigenvalue weighted by molar-refractivity contribution is -0.138. The molecule has 1 amide bonds. The minimum Gasteiger partial charge on any atom is -0.447 e. The first-order valence-electron chi connectivity index (χ1n) is 11.9. The Hall–Kier alpha value is -3.38. The number of piperazine rings is 1. The topological polar surface area (TPSA) is 52.8 Å². The van der Waals surface area contributed by atoms with Gasteiger partial charge in [0.2, 0.25) is 5.89 Å². The minimum atomic E-state index is -4.54. The molecule has 1 aliphatic rings. The van der Waals surface area contributed by atoms with Gasteiger partial charge in [-0.25, -0.2) is 4.98 Å². The van der Waals surface area contributed by atoms with Gasteiger partial charge in [0.15, 0.2) is 5.69 Å². The summed E-state index contributed by atoms with van der Waals surface area (Å²) in [7, 11) is 1.96. The fraction of sp³-hybridized carbons (Fsp3) is 0.385. The normalized spacial score (nSPS) is 15.3. The Morgan fingerprint density at radius 1 is 0.868 bits per heavy atom. The van der Waals surface area contributed by atoms with Gasteiger partial charge in [-0.2, -0.15) is 26.3 Å². The third-order valence-electron chi connectivity index (χ3n) is 6.24. The Morgan fingerprint density at radius 3 is 1.89 bits per heavy atom. The summed E-state index contributed by atoms with van der Waals surface area (Å²) < 4.78 is 84.8. The van der Waals surface area contributed by atoms with Gasteiger partial charge in [0.05, 0.1) is 17.7 Å². The van der Waals surface area contributed by atoms with Gasteiger partial charge in [0.25, 0.3) is 5.91 Å². The lowest BCUT2D eigenvalue weighted by atomic mass is 10.1. The molecule has 0 aliphatic carbocycles. The maximum absolute atomic E-state index is 13.2. The molecule has 38 heavy (non-hydrogen) atoms. The van der Waals surface area contributed by atoms with Crippen molar-refractivity contribution in [2.75, 3.05) is 33.2 Å². The fourth-order valence-corrected chi connectivity index (χ4v) is 4.22. The zero-order chi connectivity index (χ0) is 27.5. The highest BCUT2D eigenvalue weighted by Crippen LogP contribution is 2.31. The molecule has 1 aliphatic heterocycles. The zero-order valence-corrected chi connectivity index (χ0v) is 20.5. The van der Waals surface area contributed by atoms with Crippen LogP contribution in [0.15, 0.2) is 59.2 Å². The SMILES string of the molecule is CN1CCN(C(=O)c2coc(CN(Cc3cccc(C(F)(F)F)c3)Cc3cccc(C(F)(F)F)c3)n2)CC1. The number of aromatic nitrogens is 1. The molecule has 2 aromatic carbocycles. The lowest BCUT2D eigenvalue weighted by Crippen LogP contribution is -2.47. The highest BCUT2D eigenvalue weighted by Gasteiger charge is 2.32. The first-order valence-corrected chi connectivity index (χ1v) is 11.9. The number of likely N-dealkylation sites (N-methyl/N-ethyl adjacent to an activating group) is 1. The second-order valence-electron chi connectivity index (χ2n) is 9.26. The second-order valence-corrected chi connectivity index (χ2v) is 9.26. The fourth-order valence-electron chi connectivity index (χ4n) is 4.22. The van der Waals surface area contributed by atoms with Crippen LogP contribution in [0, 0.1) is 0 Å². The van der Waals surface area contributed by atoms with Crippen LogP contribution >= 0.6 is 0 Å². The van der Waals surface area contributed by atoms with Crippen LogP contribution in [-0.4, -0.2) is 58.8 Å². The van der Waals surface area contributed by atoms with E-state index in [1.807, 2.05) is 7.05 Å². The number of rotatable bonds is 7. The number of alkyl halides is 6. The van der Waals surface area contributed by atoms with Gasteiger partial charge in [-0.1, -0.05) is 36.4 Å². The van der Waals surface area contributed by atoms with E-state index in [9.17, 15) is 31.1 Å². The smallest absolute Gasteiger partial charge is 0.416 e. The van der Waals surface area contributed by atoms with E-state index in [0.717, 1.165) is 37.4 Å². The van der Waals surface area contributed by atoms with Crippen molar-refractivity contribution in [2.45, 2.75) is 32.0 Å². The molecule has 0 radical (unpaired) electrons. The quantitative estimate of drug-likeness (QED) is 0.381. The molecule has 0 atom stereocenters. The maximum Gasteiger partial charge on any atom is 0.416 e. The van der Waals surface area contributed by atoms with E-state index in [-0.39, 0.29) is 37.1 Å². The van der Waals surface area contributed by atoms with Crippen molar-refractivity contribution in [1.82, 2.24) is 19.7 Å². The molecule has 1 saturated heterocycles. The number of benzene rings is 2. The Bertz CT molecular complexity index is 1190. The number of hydrogen-bond donors (Lipinski definition) is 0. The van der Waals surface area contributed by atoms with E-state index in [2.05, 4.69) is 9.88 Å². The predicted molar refractivity (Wildman–Crippen MR) is 126 cm³/mol. The van der Waals surface area contributed by atoms with Crippen LogP contribution in [0.5, 0.6) is 0 Å². The van der Waals surface area contributed by atoms with Crippen LogP contribution in [0.2, 0.25) is 0 Å². The van der Waals surface area contributed by atoms with E-state index in [4.69, 9.17) is 4.42 Å². The Kier molecular flexibility index (Phi) is 8.12. The van der Waals surface area contributed by atoms with Crippen molar-refractivity contribution < 1.29 is 35.6 Å². The summed E-state index contributed by atoms with van der Waals surface area (Å²) >= 11 is 0. The van der Waals surface area contributed by atoms with Crippen LogP contribution in [0.3, 0.4) is 0 Å². The maximum atomic E-state index is 13.2. The molecule has 12 heteroatoms. The van der Waals surface area contributed by atoms with Crippen LogP contribution in [0.25, 0.3) is 0 Å². The molecule has 6 nitrogen and oxygen atoms in total. The van der Waals surface area contributed by atoms with Crippen LogP contribution < -0.4 is 0 Å². The molecule has 1 aromatic heterocycles. The predicted octanol–water partition coefficient (Wildman–Crippen LogP) is 5.30. The molecule has 2 heterocycles. The number of carbonyl (C=O) groups excluding carboxylic acids is 1. The Labute approximate surface area is 215 Å². The molecule has 204 valence electrons. The van der Waals surface area contributed by atoms with E-state index < -0.39 is 23.5 Å². The monoisotopic (exact) mass is 540 g/mol. The molecule has 3 aromatic rings. The highest BCUT2D eigenvalue weighted by molar-refractivity contribution is 5.92. The molecule has 0 spiro atoms. The van der Waals surface area contributed by atoms with Gasteiger partial charge < -0.3 is 14.2 Å². The summed E-state index contributed by atoms with van der Waals surface area (Å²) in [5, 5.41) is 0. The van der Waals surface area contributed by atoms with Gasteiger partial charge >= 0.3 is 12.4 Å². The average molecular weight is 541 g/mol. The third kappa shape index (κ3) is 7.13. The zero-order valence-electron chi connectivity index (χ0n) is 20.5. The number of hydrogen-bond acceptors (Lipinski definition) is 5. The van der Waals surface area contributed by atoms with E-state index in [1.165, 1.54) is 30.5 Å². The standard InChI is InChI=1S/C26H26F6N4O2/c1-34-8-10-36(11-9-34)24(37)22-17-38-23(33-22)16-35(14-18-4-2-6-20(12-18)25(27,28)29)15-19-5-3-7-21(13-19)26(30,31)32/h2-7,12-13,17H,8-11,14-16H2,1H3. The van der Waals surface area contributed by atoms with Crippen molar-refractivity contribution in [3.8, 4) is 0 Å². The summed E-state index contributed by atoms with van der Waals surface area (Å²) in [6.07, 6.45) is -7.85. The molecule has 1 fully saturated rings. The summed E-state index contributed by atoms with van der Waals surface area (Å²) in [5.41, 5.74) is -0.933. The van der Waals surface area contributed by atoms with Crippen molar-refractivity contribution in [3.05, 3.63) is 88.6 Å². The third-order valence-corrected chi connectivity index (χ3v) is 6.24. The summed E-state index contributed by atoms with van der Waals surface area (Å²) in [5.74, 6) is -0.170. The second kappa shape index (κ2) is 11.2. The van der Waals surface area contributed by atoms with Crippen molar-refractivity contribution in [3.63, 3.8) is 0 Å². The molecule has 0 N–H and O–H groups in total. The van der Waals surface area contributed by atoms with Crippen LogP contribution in [-0.2, 0) is 32.0 Å². The summed E-state index contributed by atoms with van der Waals surface area (Å²) in [6.45, 7) is 2.43. The molecule has 4 rings (SSSR count). The Balaban J connectivity index is 1.55. The lowest BCUT2D eigenvalue weighted by Gasteiger charge is -2.31. The minimum absolute atomic E-state index is 0.0235. The van der Waals surface area contributed by atoms with Crippen molar-refractivity contribution in [1.29, 1.82) is 0 Å². The van der Waals surface area contributed by atoms with Crippen LogP contribution in [0.1, 0.15) is 38.6 Å². The van der Waals surface area contributed by atoms with Crippen LogP contribution in [0.4, 0.5) is 26.3 Å². The number of nitrogens with zero attached hydrogens (tertiary/aromatic N) is 4. The van der Waals surface area contributed by atoms with Gasteiger partial charge in [-0.15, -0.1) is 0 Å². The van der Waals surface area contributed by atoms with Gasteiger partial charge in [-0.3, -0.25) is 9.69 Å². The molecular weight excluding hydrogens is 514 g/mol. The Morgan fingerprint density at radius 2 is 1.39 bits per heavy atom. The molecule has 0 bridgehead atoms. The molecule has 0 unspecified atom stereocenters. The van der Waals surface area contributed by atoms with Gasteiger partial charge in [-0.05, 0) is 30.3 Å². The highest BCUT2D eigenvalue weighted by atomic mass is 19.4. The van der Waals surface area contributed by atoms with E-state index in [0.29, 0.717) is 24.2 Å². The first kappa shape index (κ1) is 27.6. The van der Waals surface area contributed by atoms with E-state index in [1.54, 1.807) is 9.80 Å². The number of oxazole rings is 1. The number of amides is 1. The summed E-state index contributed by atoms with van der Waals surface area (Å²) in [6, 6.07) is 9.46. The first-order chi connectivity index (χ1) is 17.9. The van der Waals surface area contributed by atoms with Gasteiger partial charge in [0, 0.05) is 39.3 Å². The average Bonchev–Trinajstić information content (AvgIpc) is 3.32. The van der Waals surface area contributed by atoms with E-state index >= 15 is 0 Å². The molecular formula is C26H26F6N4O2.